The molecule has 154 valence electrons. The van der Waals surface area contributed by atoms with Crippen molar-refractivity contribution in [3.05, 3.63) is 0 Å². The molecule has 0 aromatic rings. The van der Waals surface area contributed by atoms with Crippen LogP contribution in [0.15, 0.2) is 4.99 Å². The average Bonchev–Trinajstić information content (AvgIpc) is 2.60. The lowest BCUT2D eigenvalue weighted by molar-refractivity contribution is 0.00752. The van der Waals surface area contributed by atoms with Gasteiger partial charge in [0.05, 0.1) is 13.2 Å². The summed E-state index contributed by atoms with van der Waals surface area (Å²) in [6.07, 6.45) is 1.93. The summed E-state index contributed by atoms with van der Waals surface area (Å²) in [5.41, 5.74) is 0. The van der Waals surface area contributed by atoms with Crippen molar-refractivity contribution >= 4 is 5.96 Å². The maximum absolute atomic E-state index is 9.30. The molecule has 0 spiro atoms. The largest absolute Gasteiger partial charge is 0.396 e. The number of rotatable bonds is 11. The Morgan fingerprint density at radius 2 is 1.85 bits per heavy atom. The monoisotopic (exact) mass is 370 g/mol. The van der Waals surface area contributed by atoms with Crippen molar-refractivity contribution in [2.24, 2.45) is 22.7 Å². The summed E-state index contributed by atoms with van der Waals surface area (Å²) in [5.74, 6) is 2.53. The first-order chi connectivity index (χ1) is 12.5. The second-order valence-electron chi connectivity index (χ2n) is 8.07. The number of hydrogen-bond donors (Lipinski definition) is 3. The van der Waals surface area contributed by atoms with Gasteiger partial charge in [-0.2, -0.15) is 0 Å². The Hall–Kier alpha value is -0.850. The predicted octanol–water partition coefficient (Wildman–Crippen LogP) is 1.94. The molecule has 0 saturated carbocycles. The minimum Gasteiger partial charge on any atom is -0.396 e. The van der Waals surface area contributed by atoms with E-state index in [0.717, 1.165) is 64.7 Å². The maximum atomic E-state index is 9.30. The third kappa shape index (κ3) is 9.19. The summed E-state index contributed by atoms with van der Waals surface area (Å²) in [7, 11) is 0. The summed E-state index contributed by atoms with van der Waals surface area (Å²) in [6, 6.07) is 0.478. The van der Waals surface area contributed by atoms with E-state index in [1.54, 1.807) is 0 Å². The summed E-state index contributed by atoms with van der Waals surface area (Å²) < 4.78 is 5.49. The van der Waals surface area contributed by atoms with Crippen molar-refractivity contribution in [1.82, 2.24) is 15.5 Å². The fraction of sp³-hybridized carbons (Fsp3) is 0.950. The van der Waals surface area contributed by atoms with Crippen molar-refractivity contribution in [3.8, 4) is 0 Å². The number of aliphatic imine (C=N–C) groups is 1. The SMILES string of the molecule is CCNC(=NCC(CCO)CC(C)C)NCC(C(C)C)N1CCOCC1. The van der Waals surface area contributed by atoms with Gasteiger partial charge in [0.2, 0.25) is 0 Å². The van der Waals surface area contributed by atoms with E-state index in [-0.39, 0.29) is 6.61 Å². The zero-order valence-corrected chi connectivity index (χ0v) is 17.6. The fourth-order valence-corrected chi connectivity index (χ4v) is 3.59. The molecule has 6 heteroatoms. The molecular weight excluding hydrogens is 328 g/mol. The molecule has 0 aromatic carbocycles. The molecule has 1 aliphatic heterocycles. The zero-order valence-electron chi connectivity index (χ0n) is 17.6. The number of nitrogens with zero attached hydrogens (tertiary/aromatic N) is 2. The Balaban J connectivity index is 2.62. The van der Waals surface area contributed by atoms with Crippen molar-refractivity contribution < 1.29 is 9.84 Å². The molecule has 1 rings (SSSR count). The Morgan fingerprint density at radius 1 is 1.15 bits per heavy atom. The highest BCUT2D eigenvalue weighted by atomic mass is 16.5. The van der Waals surface area contributed by atoms with Gasteiger partial charge in [-0.15, -0.1) is 0 Å². The second-order valence-corrected chi connectivity index (χ2v) is 8.07. The molecule has 26 heavy (non-hydrogen) atoms. The van der Waals surface area contributed by atoms with Crippen LogP contribution in [0.25, 0.3) is 0 Å². The van der Waals surface area contributed by atoms with E-state index in [2.05, 4.69) is 50.2 Å². The van der Waals surface area contributed by atoms with Crippen molar-refractivity contribution in [1.29, 1.82) is 0 Å². The molecule has 0 amide bonds. The first-order valence-corrected chi connectivity index (χ1v) is 10.4. The van der Waals surface area contributed by atoms with E-state index in [1.807, 2.05) is 0 Å². The van der Waals surface area contributed by atoms with E-state index in [0.29, 0.717) is 23.8 Å². The van der Waals surface area contributed by atoms with Gasteiger partial charge in [0.15, 0.2) is 5.96 Å². The molecule has 0 radical (unpaired) electrons. The van der Waals surface area contributed by atoms with E-state index in [4.69, 9.17) is 9.73 Å². The summed E-state index contributed by atoms with van der Waals surface area (Å²) in [4.78, 5) is 7.33. The van der Waals surface area contributed by atoms with Gasteiger partial charge in [0, 0.05) is 45.4 Å². The molecular formula is C20H42N4O2. The van der Waals surface area contributed by atoms with E-state index >= 15 is 0 Å². The van der Waals surface area contributed by atoms with Crippen LogP contribution in [0.2, 0.25) is 0 Å². The lowest BCUT2D eigenvalue weighted by Gasteiger charge is -2.37. The molecule has 3 N–H and O–H groups in total. The van der Waals surface area contributed by atoms with Crippen molar-refractivity contribution in [3.63, 3.8) is 0 Å². The van der Waals surface area contributed by atoms with Crippen molar-refractivity contribution in [2.45, 2.75) is 53.5 Å². The topological polar surface area (TPSA) is 69.1 Å². The van der Waals surface area contributed by atoms with Gasteiger partial charge in [-0.3, -0.25) is 9.89 Å². The molecule has 2 unspecified atom stereocenters. The third-order valence-corrected chi connectivity index (χ3v) is 4.96. The van der Waals surface area contributed by atoms with Gasteiger partial charge in [-0.25, -0.2) is 0 Å². The van der Waals surface area contributed by atoms with Crippen LogP contribution in [-0.4, -0.2) is 74.6 Å². The predicted molar refractivity (Wildman–Crippen MR) is 110 cm³/mol. The van der Waals surface area contributed by atoms with Crippen LogP contribution in [0.3, 0.4) is 0 Å². The molecule has 1 heterocycles. The zero-order chi connectivity index (χ0) is 19.4. The molecule has 0 aromatic heterocycles. The molecule has 1 fully saturated rings. The molecule has 2 atom stereocenters. The van der Waals surface area contributed by atoms with Crippen LogP contribution in [0.1, 0.15) is 47.5 Å². The van der Waals surface area contributed by atoms with Gasteiger partial charge >= 0.3 is 0 Å². The van der Waals surface area contributed by atoms with E-state index in [1.165, 1.54) is 0 Å². The number of guanidine groups is 1. The van der Waals surface area contributed by atoms with Gasteiger partial charge < -0.3 is 20.5 Å². The van der Waals surface area contributed by atoms with E-state index < -0.39 is 0 Å². The highest BCUT2D eigenvalue weighted by Gasteiger charge is 2.24. The summed E-state index contributed by atoms with van der Waals surface area (Å²) in [5, 5.41) is 16.2. The molecule has 6 nitrogen and oxygen atoms in total. The Labute approximate surface area is 160 Å². The van der Waals surface area contributed by atoms with Gasteiger partial charge in [0.1, 0.15) is 0 Å². The number of morpholine rings is 1. The fourth-order valence-electron chi connectivity index (χ4n) is 3.59. The summed E-state index contributed by atoms with van der Waals surface area (Å²) in [6.45, 7) is 17.5. The maximum Gasteiger partial charge on any atom is 0.191 e. The highest BCUT2D eigenvalue weighted by Crippen LogP contribution is 2.16. The standard InChI is InChI=1S/C20H42N4O2/c1-6-21-20(22-14-18(7-10-25)13-16(2)3)23-15-19(17(4)5)24-8-11-26-12-9-24/h16-19,25H,6-15H2,1-5H3,(H2,21,22,23). The number of nitrogens with one attached hydrogen (secondary N) is 2. The smallest absolute Gasteiger partial charge is 0.191 e. The van der Waals surface area contributed by atoms with E-state index in [9.17, 15) is 5.11 Å². The quantitative estimate of drug-likeness (QED) is 0.383. The van der Waals surface area contributed by atoms with Crippen LogP contribution in [0.4, 0.5) is 0 Å². The summed E-state index contributed by atoms with van der Waals surface area (Å²) >= 11 is 0. The normalized spacial score (nSPS) is 19.0. The minimum atomic E-state index is 0.239. The number of aliphatic hydroxyl groups excluding tert-OH is 1. The van der Waals surface area contributed by atoms with Gasteiger partial charge in [-0.05, 0) is 37.5 Å². The Bertz CT molecular complexity index is 382. The number of ether oxygens (including phenoxy) is 1. The van der Waals surface area contributed by atoms with Crippen molar-refractivity contribution in [2.75, 3.05) is 52.5 Å². The molecule has 0 bridgehead atoms. The second kappa shape index (κ2) is 13.3. The number of hydrogen-bond acceptors (Lipinski definition) is 4. The van der Waals surface area contributed by atoms with Crippen LogP contribution in [0.5, 0.6) is 0 Å². The molecule has 1 saturated heterocycles. The van der Waals surface area contributed by atoms with Gasteiger partial charge in [-0.1, -0.05) is 27.7 Å². The minimum absolute atomic E-state index is 0.239. The Morgan fingerprint density at radius 3 is 2.38 bits per heavy atom. The number of aliphatic hydroxyl groups is 1. The molecule has 0 aliphatic carbocycles. The lowest BCUT2D eigenvalue weighted by Crippen LogP contribution is -2.52. The third-order valence-electron chi connectivity index (χ3n) is 4.96. The van der Waals surface area contributed by atoms with Crippen LogP contribution < -0.4 is 10.6 Å². The first kappa shape index (κ1) is 23.2. The van der Waals surface area contributed by atoms with Crippen LogP contribution >= 0.6 is 0 Å². The van der Waals surface area contributed by atoms with Crippen LogP contribution in [0, 0.1) is 17.8 Å². The lowest BCUT2D eigenvalue weighted by atomic mass is 9.94. The average molecular weight is 371 g/mol. The van der Waals surface area contributed by atoms with Crippen LogP contribution in [-0.2, 0) is 4.74 Å². The first-order valence-electron chi connectivity index (χ1n) is 10.4. The van der Waals surface area contributed by atoms with Gasteiger partial charge in [0.25, 0.3) is 0 Å². The Kier molecular flexibility index (Phi) is 11.9. The highest BCUT2D eigenvalue weighted by molar-refractivity contribution is 5.79. The molecule has 1 aliphatic rings.